The van der Waals surface area contributed by atoms with E-state index in [1.807, 2.05) is 0 Å². The average molecular weight is 294 g/mol. The first-order valence-corrected chi connectivity index (χ1v) is 6.55. The molecule has 0 aromatic rings. The molecule has 0 aromatic carbocycles. The largest absolute Gasteiger partial charge is 0.394 e. The summed E-state index contributed by atoms with van der Waals surface area (Å²) < 4.78 is 15.9. The smallest absolute Gasteiger partial charge is 0.184 e. The van der Waals surface area contributed by atoms with Crippen molar-refractivity contribution in [3.63, 3.8) is 0 Å². The Kier molecular flexibility index (Phi) is 5.29. The van der Waals surface area contributed by atoms with E-state index in [4.69, 9.17) is 30.8 Å². The number of aliphatic hydroxyl groups excluding tert-OH is 4. The van der Waals surface area contributed by atoms with Gasteiger partial charge in [-0.05, 0) is 0 Å². The van der Waals surface area contributed by atoms with E-state index >= 15 is 0 Å². The number of hydrogen-bond donors (Lipinski definition) is 6. The first-order chi connectivity index (χ1) is 9.47. The third-order valence-corrected chi connectivity index (χ3v) is 3.63. The highest BCUT2D eigenvalue weighted by Crippen LogP contribution is 2.27. The molecule has 20 heavy (non-hydrogen) atoms. The summed E-state index contributed by atoms with van der Waals surface area (Å²) in [4.78, 5) is 0. The van der Waals surface area contributed by atoms with Gasteiger partial charge in [-0.2, -0.15) is 0 Å². The van der Waals surface area contributed by atoms with E-state index in [1.54, 1.807) is 0 Å². The summed E-state index contributed by atoms with van der Waals surface area (Å²) in [6.07, 6.45) is -6.65. The maximum Gasteiger partial charge on any atom is 0.184 e. The van der Waals surface area contributed by atoms with Crippen LogP contribution >= 0.6 is 0 Å². The van der Waals surface area contributed by atoms with E-state index in [-0.39, 0.29) is 6.54 Å². The molecule has 0 amide bonds. The lowest BCUT2D eigenvalue weighted by Gasteiger charge is -2.39. The number of hydrogen-bond acceptors (Lipinski definition) is 9. The summed E-state index contributed by atoms with van der Waals surface area (Å²) in [5.41, 5.74) is 11.3. The van der Waals surface area contributed by atoms with E-state index in [2.05, 4.69) is 0 Å². The zero-order valence-electron chi connectivity index (χ0n) is 10.9. The molecule has 0 radical (unpaired) electrons. The Morgan fingerprint density at radius 3 is 2.50 bits per heavy atom. The Hall–Kier alpha value is -0.360. The Balaban J connectivity index is 2.03. The van der Waals surface area contributed by atoms with Crippen LogP contribution in [-0.2, 0) is 14.2 Å². The number of nitrogens with two attached hydrogens (primary N) is 2. The van der Waals surface area contributed by atoms with Gasteiger partial charge < -0.3 is 46.1 Å². The van der Waals surface area contributed by atoms with Gasteiger partial charge in [0.25, 0.3) is 0 Å². The van der Waals surface area contributed by atoms with Crippen molar-refractivity contribution in [3.05, 3.63) is 0 Å². The van der Waals surface area contributed by atoms with Crippen LogP contribution < -0.4 is 11.5 Å². The molecule has 8 unspecified atom stereocenters. The first kappa shape index (κ1) is 16.0. The molecule has 2 saturated heterocycles. The second-order valence-corrected chi connectivity index (χ2v) is 5.08. The van der Waals surface area contributed by atoms with Gasteiger partial charge in [0.15, 0.2) is 12.6 Å². The van der Waals surface area contributed by atoms with Gasteiger partial charge in [0, 0.05) is 13.0 Å². The lowest BCUT2D eigenvalue weighted by atomic mass is 10.0. The van der Waals surface area contributed by atoms with Crippen molar-refractivity contribution in [3.8, 4) is 0 Å². The summed E-state index contributed by atoms with van der Waals surface area (Å²) in [5, 5.41) is 38.2. The minimum atomic E-state index is -1.45. The van der Waals surface area contributed by atoms with Gasteiger partial charge in [-0.3, -0.25) is 0 Å². The summed E-state index contributed by atoms with van der Waals surface area (Å²) in [6, 6.07) is -0.818. The highest BCUT2D eigenvalue weighted by atomic mass is 16.7. The fourth-order valence-corrected chi connectivity index (χ4v) is 2.41. The van der Waals surface area contributed by atoms with Crippen LogP contribution in [0.4, 0.5) is 0 Å². The minimum absolute atomic E-state index is 0.194. The lowest BCUT2D eigenvalue weighted by molar-refractivity contribution is -0.254. The number of ether oxygens (including phenoxy) is 3. The van der Waals surface area contributed by atoms with E-state index in [1.165, 1.54) is 0 Å². The predicted octanol–water partition coefficient (Wildman–Crippen LogP) is -3.80. The quantitative estimate of drug-likeness (QED) is 0.305. The average Bonchev–Trinajstić information content (AvgIpc) is 2.71. The summed E-state index contributed by atoms with van der Waals surface area (Å²) in [7, 11) is 0. The molecule has 9 heteroatoms. The van der Waals surface area contributed by atoms with E-state index < -0.39 is 55.7 Å². The fraction of sp³-hybridized carbons (Fsp3) is 1.00. The van der Waals surface area contributed by atoms with Gasteiger partial charge in [-0.1, -0.05) is 0 Å². The molecule has 8 atom stereocenters. The first-order valence-electron chi connectivity index (χ1n) is 6.55. The molecular weight excluding hydrogens is 272 g/mol. The molecule has 2 fully saturated rings. The summed E-state index contributed by atoms with van der Waals surface area (Å²) in [6.45, 7) is -0.247. The van der Waals surface area contributed by atoms with Crippen LogP contribution in [0, 0.1) is 0 Å². The van der Waals surface area contributed by atoms with Crippen LogP contribution in [-0.4, -0.2) is 82.7 Å². The third-order valence-electron chi connectivity index (χ3n) is 3.63. The second kappa shape index (κ2) is 6.60. The monoisotopic (exact) mass is 294 g/mol. The molecule has 0 aliphatic carbocycles. The van der Waals surface area contributed by atoms with Crippen molar-refractivity contribution in [2.75, 3.05) is 13.2 Å². The van der Waals surface area contributed by atoms with Gasteiger partial charge in [0.1, 0.15) is 18.3 Å². The lowest BCUT2D eigenvalue weighted by Crippen LogP contribution is -2.57. The van der Waals surface area contributed by atoms with Crippen LogP contribution in [0.2, 0.25) is 0 Å². The molecule has 2 aliphatic heterocycles. The molecule has 118 valence electrons. The van der Waals surface area contributed by atoms with Gasteiger partial charge in [0.05, 0.1) is 24.9 Å². The maximum atomic E-state index is 9.83. The van der Waals surface area contributed by atoms with Crippen LogP contribution in [0.3, 0.4) is 0 Å². The predicted molar refractivity (Wildman–Crippen MR) is 65.2 cm³/mol. The molecule has 8 N–H and O–H groups in total. The molecular formula is C11H22N2O7. The Bertz CT molecular complexity index is 321. The molecule has 0 spiro atoms. The van der Waals surface area contributed by atoms with Gasteiger partial charge in [-0.25, -0.2) is 0 Å². The highest BCUT2D eigenvalue weighted by molar-refractivity contribution is 4.91. The molecule has 9 nitrogen and oxygen atoms in total. The Labute approximate surface area is 116 Å². The molecule has 2 aliphatic rings. The minimum Gasteiger partial charge on any atom is -0.394 e. The Morgan fingerprint density at radius 1 is 1.20 bits per heavy atom. The van der Waals surface area contributed by atoms with Crippen molar-refractivity contribution in [1.29, 1.82) is 0 Å². The topological polar surface area (TPSA) is 161 Å². The Morgan fingerprint density at radius 2 is 1.90 bits per heavy atom. The van der Waals surface area contributed by atoms with E-state index in [9.17, 15) is 15.3 Å². The van der Waals surface area contributed by atoms with Crippen LogP contribution in [0.15, 0.2) is 0 Å². The van der Waals surface area contributed by atoms with Crippen LogP contribution in [0.1, 0.15) is 6.42 Å². The molecule has 0 saturated carbocycles. The van der Waals surface area contributed by atoms with Crippen molar-refractivity contribution >= 4 is 0 Å². The zero-order chi connectivity index (χ0) is 14.9. The fourth-order valence-electron chi connectivity index (χ4n) is 2.41. The molecule has 0 aromatic heterocycles. The number of rotatable bonds is 4. The molecule has 2 rings (SSSR count). The SMILES string of the molecule is NCC1CC(O)C(N)C(OC2C(CO)OC(O)C2O)O1. The summed E-state index contributed by atoms with van der Waals surface area (Å²) in [5.74, 6) is 0. The maximum absolute atomic E-state index is 9.83. The normalized spacial score (nSPS) is 49.5. The van der Waals surface area contributed by atoms with E-state index in [0.29, 0.717) is 6.42 Å². The second-order valence-electron chi connectivity index (χ2n) is 5.08. The highest BCUT2D eigenvalue weighted by Gasteiger charge is 2.47. The van der Waals surface area contributed by atoms with Gasteiger partial charge >= 0.3 is 0 Å². The van der Waals surface area contributed by atoms with Crippen molar-refractivity contribution < 1.29 is 34.6 Å². The van der Waals surface area contributed by atoms with Crippen LogP contribution in [0.25, 0.3) is 0 Å². The van der Waals surface area contributed by atoms with E-state index in [0.717, 1.165) is 0 Å². The van der Waals surface area contributed by atoms with Crippen molar-refractivity contribution in [1.82, 2.24) is 0 Å². The van der Waals surface area contributed by atoms with Crippen LogP contribution in [0.5, 0.6) is 0 Å². The van der Waals surface area contributed by atoms with Crippen molar-refractivity contribution in [2.45, 2.75) is 55.6 Å². The number of aliphatic hydroxyl groups is 4. The standard InChI is InChI=1S/C11H22N2O7/c12-2-4-1-5(15)7(13)11(18-4)20-9-6(3-14)19-10(17)8(9)16/h4-11,14-17H,1-3,12-13H2. The third kappa shape index (κ3) is 3.11. The molecule has 2 heterocycles. The molecule has 0 bridgehead atoms. The van der Waals surface area contributed by atoms with Crippen molar-refractivity contribution in [2.24, 2.45) is 11.5 Å². The van der Waals surface area contributed by atoms with Gasteiger partial charge in [0.2, 0.25) is 0 Å². The zero-order valence-corrected chi connectivity index (χ0v) is 10.9. The van der Waals surface area contributed by atoms with Gasteiger partial charge in [-0.15, -0.1) is 0 Å². The summed E-state index contributed by atoms with van der Waals surface area (Å²) >= 11 is 0.